The fourth-order valence-corrected chi connectivity index (χ4v) is 4.10. The molecule has 0 bridgehead atoms. The molecule has 0 aliphatic heterocycles. The first kappa shape index (κ1) is 22.2. The number of hydrogen-bond donors (Lipinski definition) is 2. The van der Waals surface area contributed by atoms with Crippen LogP contribution in [0.15, 0.2) is 96.2 Å². The lowest BCUT2D eigenvalue weighted by molar-refractivity contribution is -0.119. The second kappa shape index (κ2) is 10.5. The van der Waals surface area contributed by atoms with Crippen LogP contribution in [-0.2, 0) is 4.79 Å². The van der Waals surface area contributed by atoms with Crippen molar-refractivity contribution in [3.63, 3.8) is 0 Å². The predicted octanol–water partition coefficient (Wildman–Crippen LogP) is 4.49. The average molecular weight is 456 g/mol. The first-order valence-electron chi connectivity index (χ1n) is 10.3. The Bertz CT molecular complexity index is 1240. The van der Waals surface area contributed by atoms with Gasteiger partial charge in [0.2, 0.25) is 11.1 Å². The van der Waals surface area contributed by atoms with E-state index in [9.17, 15) is 9.59 Å². The minimum Gasteiger partial charge on any atom is -0.341 e. The second-order valence-electron chi connectivity index (χ2n) is 7.00. The highest BCUT2D eigenvalue weighted by Gasteiger charge is 2.26. The van der Waals surface area contributed by atoms with E-state index >= 15 is 0 Å². The molecule has 1 aromatic heterocycles. The predicted molar refractivity (Wildman–Crippen MR) is 128 cm³/mol. The third-order valence-electron chi connectivity index (χ3n) is 4.79. The topological polar surface area (TPSA) is 96.9 Å². The van der Waals surface area contributed by atoms with E-state index in [4.69, 9.17) is 4.98 Å². The van der Waals surface area contributed by atoms with E-state index in [1.165, 1.54) is 7.05 Å². The van der Waals surface area contributed by atoms with Crippen LogP contribution in [0.25, 0.3) is 22.5 Å². The molecule has 7 nitrogen and oxygen atoms in total. The van der Waals surface area contributed by atoms with Crippen molar-refractivity contribution in [2.24, 2.45) is 0 Å². The molecule has 3 aromatic carbocycles. The molecule has 1 heterocycles. The van der Waals surface area contributed by atoms with Crippen molar-refractivity contribution in [2.45, 2.75) is 10.4 Å². The second-order valence-corrected chi connectivity index (χ2v) is 8.07. The molecule has 4 aromatic rings. The Hall–Kier alpha value is -4.04. The zero-order chi connectivity index (χ0) is 23.0. The molecule has 0 aliphatic carbocycles. The number of hydrogen-bond acceptors (Lipinski definition) is 6. The van der Waals surface area contributed by atoms with Gasteiger partial charge in [-0.25, -0.2) is 9.78 Å². The normalized spacial score (nSPS) is 11.4. The van der Waals surface area contributed by atoms with E-state index in [1.54, 1.807) is 0 Å². The molecular weight excluding hydrogens is 434 g/mol. The van der Waals surface area contributed by atoms with Crippen molar-refractivity contribution in [1.29, 1.82) is 0 Å². The molecule has 8 heteroatoms. The molecule has 1 atom stereocenters. The van der Waals surface area contributed by atoms with E-state index in [0.717, 1.165) is 28.5 Å². The van der Waals surface area contributed by atoms with Crippen LogP contribution in [0.2, 0.25) is 0 Å². The molecule has 164 valence electrons. The number of thioether (sulfide) groups is 1. The number of rotatable bonds is 6. The van der Waals surface area contributed by atoms with Gasteiger partial charge in [0.25, 0.3) is 0 Å². The van der Waals surface area contributed by atoms with Crippen LogP contribution in [0.5, 0.6) is 0 Å². The monoisotopic (exact) mass is 455 g/mol. The van der Waals surface area contributed by atoms with Gasteiger partial charge in [0.1, 0.15) is 16.6 Å². The molecular formula is C25H21N5O2S. The smallest absolute Gasteiger partial charge is 0.321 e. The Labute approximate surface area is 195 Å². The van der Waals surface area contributed by atoms with Crippen LogP contribution >= 0.6 is 11.8 Å². The zero-order valence-electron chi connectivity index (χ0n) is 17.8. The highest BCUT2D eigenvalue weighted by molar-refractivity contribution is 8.00. The van der Waals surface area contributed by atoms with Crippen LogP contribution in [0.4, 0.5) is 4.79 Å². The van der Waals surface area contributed by atoms with Gasteiger partial charge in [-0.3, -0.25) is 10.1 Å². The lowest BCUT2D eigenvalue weighted by atomic mass is 10.0. The summed E-state index contributed by atoms with van der Waals surface area (Å²) in [6, 6.07) is 28.0. The van der Waals surface area contributed by atoms with Gasteiger partial charge in [-0.05, 0) is 5.56 Å². The van der Waals surface area contributed by atoms with E-state index in [0.29, 0.717) is 16.5 Å². The summed E-state index contributed by atoms with van der Waals surface area (Å²) in [5.41, 5.74) is 3.82. The lowest BCUT2D eigenvalue weighted by Gasteiger charge is -2.16. The molecule has 0 unspecified atom stereocenters. The number of imide groups is 1. The van der Waals surface area contributed by atoms with Gasteiger partial charge in [-0.15, -0.1) is 10.2 Å². The number of amides is 3. The fourth-order valence-electron chi connectivity index (χ4n) is 3.19. The van der Waals surface area contributed by atoms with Gasteiger partial charge in [0.05, 0.1) is 0 Å². The Morgan fingerprint density at radius 2 is 1.30 bits per heavy atom. The zero-order valence-corrected chi connectivity index (χ0v) is 18.6. The van der Waals surface area contributed by atoms with Gasteiger partial charge in [0, 0.05) is 18.2 Å². The molecule has 0 saturated heterocycles. The van der Waals surface area contributed by atoms with Crippen molar-refractivity contribution < 1.29 is 9.59 Å². The van der Waals surface area contributed by atoms with E-state index in [2.05, 4.69) is 20.8 Å². The Balaban J connectivity index is 1.74. The number of carbonyl (C=O) groups excluding carboxylic acids is 2. The lowest BCUT2D eigenvalue weighted by Crippen LogP contribution is -2.39. The number of benzene rings is 3. The summed E-state index contributed by atoms with van der Waals surface area (Å²) in [5.74, 6) is -0.470. The molecule has 0 aliphatic rings. The van der Waals surface area contributed by atoms with Gasteiger partial charge >= 0.3 is 6.03 Å². The summed E-state index contributed by atoms with van der Waals surface area (Å²) in [5, 5.41) is 13.1. The standard InChI is InChI=1S/C25H21N5O2S/c1-26-24(32)28-23(31)22(19-15-9-4-10-16-19)33-25-27-20(17-11-5-2-6-12-17)21(29-30-25)18-13-7-3-8-14-18/h2-16,22H,1H3,(H2,26,28,31,32)/t22-/m1/s1. The van der Waals surface area contributed by atoms with Gasteiger partial charge in [0.15, 0.2) is 0 Å². The Morgan fingerprint density at radius 1 is 0.758 bits per heavy atom. The number of nitrogens with one attached hydrogen (secondary N) is 2. The minimum absolute atomic E-state index is 0.328. The average Bonchev–Trinajstić information content (AvgIpc) is 2.88. The largest absolute Gasteiger partial charge is 0.341 e. The summed E-state index contributed by atoms with van der Waals surface area (Å²) in [4.78, 5) is 29.4. The van der Waals surface area contributed by atoms with Crippen molar-refractivity contribution in [3.05, 3.63) is 96.6 Å². The van der Waals surface area contributed by atoms with Crippen LogP contribution in [0, 0.1) is 0 Å². The van der Waals surface area contributed by atoms with Crippen molar-refractivity contribution in [2.75, 3.05) is 7.05 Å². The molecule has 33 heavy (non-hydrogen) atoms. The molecule has 2 N–H and O–H groups in total. The van der Waals surface area contributed by atoms with Crippen LogP contribution in [0.1, 0.15) is 10.8 Å². The van der Waals surface area contributed by atoms with Gasteiger partial charge in [-0.1, -0.05) is 103 Å². The highest BCUT2D eigenvalue weighted by Crippen LogP contribution is 2.36. The highest BCUT2D eigenvalue weighted by atomic mass is 32.2. The summed E-state index contributed by atoms with van der Waals surface area (Å²) in [6.07, 6.45) is 0. The minimum atomic E-state index is -0.739. The number of nitrogens with zero attached hydrogens (tertiary/aromatic N) is 3. The maximum atomic E-state index is 12.9. The maximum absolute atomic E-state index is 12.9. The number of carbonyl (C=O) groups is 2. The molecule has 3 amide bonds. The van der Waals surface area contributed by atoms with Crippen molar-refractivity contribution in [1.82, 2.24) is 25.8 Å². The summed E-state index contributed by atoms with van der Waals surface area (Å²) in [7, 11) is 1.45. The molecule has 4 rings (SSSR count). The SMILES string of the molecule is CNC(=O)NC(=O)[C@H](Sc1nnc(-c2ccccc2)c(-c2ccccc2)n1)c1ccccc1. The van der Waals surface area contributed by atoms with Gasteiger partial charge < -0.3 is 5.32 Å². The maximum Gasteiger partial charge on any atom is 0.321 e. The van der Waals surface area contributed by atoms with Crippen LogP contribution in [0.3, 0.4) is 0 Å². The summed E-state index contributed by atoms with van der Waals surface area (Å²) in [6.45, 7) is 0. The number of aromatic nitrogens is 3. The quantitative estimate of drug-likeness (QED) is 0.416. The van der Waals surface area contributed by atoms with E-state index < -0.39 is 17.2 Å². The molecule has 0 radical (unpaired) electrons. The third kappa shape index (κ3) is 5.42. The molecule has 0 saturated carbocycles. The fraction of sp³-hybridized carbons (Fsp3) is 0.0800. The van der Waals surface area contributed by atoms with E-state index in [1.807, 2.05) is 91.0 Å². The van der Waals surface area contributed by atoms with Crippen LogP contribution in [-0.4, -0.2) is 34.2 Å². The molecule has 0 spiro atoms. The van der Waals surface area contributed by atoms with Crippen molar-refractivity contribution >= 4 is 23.7 Å². The van der Waals surface area contributed by atoms with Gasteiger partial charge in [-0.2, -0.15) is 0 Å². The Morgan fingerprint density at radius 3 is 1.88 bits per heavy atom. The summed E-state index contributed by atoms with van der Waals surface area (Å²) >= 11 is 1.14. The Kier molecular flexibility index (Phi) is 7.06. The van der Waals surface area contributed by atoms with Crippen molar-refractivity contribution in [3.8, 4) is 22.5 Å². The number of urea groups is 1. The van der Waals surface area contributed by atoms with E-state index in [-0.39, 0.29) is 0 Å². The molecule has 0 fully saturated rings. The third-order valence-corrected chi connectivity index (χ3v) is 5.89. The summed E-state index contributed by atoms with van der Waals surface area (Å²) < 4.78 is 0. The first-order chi connectivity index (χ1) is 16.2. The van der Waals surface area contributed by atoms with Crippen LogP contribution < -0.4 is 10.6 Å². The first-order valence-corrected chi connectivity index (χ1v) is 11.1.